The first-order valence-electron chi connectivity index (χ1n) is 9.73. The lowest BCUT2D eigenvalue weighted by Crippen LogP contribution is -2.25. The largest absolute Gasteiger partial charge is 0.352 e. The molecule has 0 atom stereocenters. The van der Waals surface area contributed by atoms with Crippen LogP contribution in [0.25, 0.3) is 11.0 Å². The molecule has 0 unspecified atom stereocenters. The predicted octanol–water partition coefficient (Wildman–Crippen LogP) is 3.51. The van der Waals surface area contributed by atoms with Crippen LogP contribution in [0.2, 0.25) is 0 Å². The SMILES string of the molecule is Cc1nc2ccccc2n1CCCNC(=O)c1ccc(NC(=O)C2CC2)cc1. The van der Waals surface area contributed by atoms with Gasteiger partial charge in [-0.25, -0.2) is 4.98 Å². The number of carbonyl (C=O) groups excluding carboxylic acids is 2. The molecule has 6 nitrogen and oxygen atoms in total. The molecule has 1 aromatic heterocycles. The lowest BCUT2D eigenvalue weighted by molar-refractivity contribution is -0.117. The number of aromatic nitrogens is 2. The first-order valence-corrected chi connectivity index (χ1v) is 9.73. The molecule has 1 aliphatic rings. The summed E-state index contributed by atoms with van der Waals surface area (Å²) in [6.45, 7) is 3.39. The van der Waals surface area contributed by atoms with Crippen LogP contribution in [-0.4, -0.2) is 27.9 Å². The third-order valence-electron chi connectivity index (χ3n) is 5.05. The van der Waals surface area contributed by atoms with E-state index >= 15 is 0 Å². The lowest BCUT2D eigenvalue weighted by atomic mass is 10.2. The van der Waals surface area contributed by atoms with E-state index in [1.165, 1.54) is 0 Å². The van der Waals surface area contributed by atoms with E-state index in [4.69, 9.17) is 0 Å². The third kappa shape index (κ3) is 4.06. The zero-order chi connectivity index (χ0) is 19.5. The Kier molecular flexibility index (Phi) is 5.10. The standard InChI is InChI=1S/C22H24N4O2/c1-15-24-19-5-2-3-6-20(19)26(15)14-4-13-23-21(27)16-9-11-18(12-10-16)25-22(28)17-7-8-17/h2-3,5-6,9-12,17H,4,7-8,13-14H2,1H3,(H,23,27)(H,25,28). The Hall–Kier alpha value is -3.15. The summed E-state index contributed by atoms with van der Waals surface area (Å²) in [6, 6.07) is 15.1. The lowest BCUT2D eigenvalue weighted by Gasteiger charge is -2.09. The number of para-hydroxylation sites is 2. The minimum Gasteiger partial charge on any atom is -0.352 e. The van der Waals surface area contributed by atoms with Gasteiger partial charge in [-0.3, -0.25) is 9.59 Å². The van der Waals surface area contributed by atoms with Gasteiger partial charge in [0.25, 0.3) is 5.91 Å². The molecule has 0 spiro atoms. The van der Waals surface area contributed by atoms with Crippen LogP contribution in [-0.2, 0) is 11.3 Å². The highest BCUT2D eigenvalue weighted by Crippen LogP contribution is 2.30. The average Bonchev–Trinajstić information content (AvgIpc) is 3.50. The summed E-state index contributed by atoms with van der Waals surface area (Å²) >= 11 is 0. The molecular weight excluding hydrogens is 352 g/mol. The van der Waals surface area contributed by atoms with Gasteiger partial charge in [-0.15, -0.1) is 0 Å². The summed E-state index contributed by atoms with van der Waals surface area (Å²) in [7, 11) is 0. The van der Waals surface area contributed by atoms with Crippen molar-refractivity contribution in [1.82, 2.24) is 14.9 Å². The fourth-order valence-corrected chi connectivity index (χ4v) is 3.31. The average molecular weight is 376 g/mol. The van der Waals surface area contributed by atoms with Crippen molar-refractivity contribution in [2.45, 2.75) is 32.7 Å². The number of fused-ring (bicyclic) bond motifs is 1. The second-order valence-electron chi connectivity index (χ2n) is 7.25. The first-order chi connectivity index (χ1) is 13.6. The number of rotatable bonds is 7. The third-order valence-corrected chi connectivity index (χ3v) is 5.05. The quantitative estimate of drug-likeness (QED) is 0.620. The maximum atomic E-state index is 12.3. The van der Waals surface area contributed by atoms with E-state index in [2.05, 4.69) is 26.3 Å². The zero-order valence-electron chi connectivity index (χ0n) is 15.9. The molecule has 1 fully saturated rings. The minimum absolute atomic E-state index is 0.0690. The Morgan fingerprint density at radius 3 is 2.61 bits per heavy atom. The second kappa shape index (κ2) is 7.84. The molecule has 1 heterocycles. The van der Waals surface area contributed by atoms with Crippen LogP contribution in [0.4, 0.5) is 5.69 Å². The van der Waals surface area contributed by atoms with E-state index in [1.807, 2.05) is 25.1 Å². The number of benzene rings is 2. The molecule has 0 saturated heterocycles. The van der Waals surface area contributed by atoms with Gasteiger partial charge in [0.2, 0.25) is 5.91 Å². The van der Waals surface area contributed by atoms with Gasteiger partial charge in [0, 0.05) is 30.3 Å². The van der Waals surface area contributed by atoms with Gasteiger partial charge < -0.3 is 15.2 Å². The maximum Gasteiger partial charge on any atom is 0.251 e. The number of imidazole rings is 1. The summed E-state index contributed by atoms with van der Waals surface area (Å²) in [5.41, 5.74) is 3.44. The van der Waals surface area contributed by atoms with Gasteiger partial charge in [-0.2, -0.15) is 0 Å². The van der Waals surface area contributed by atoms with E-state index in [1.54, 1.807) is 24.3 Å². The number of carbonyl (C=O) groups is 2. The smallest absolute Gasteiger partial charge is 0.251 e. The van der Waals surface area contributed by atoms with Gasteiger partial charge in [0.15, 0.2) is 0 Å². The molecule has 0 aliphatic heterocycles. The van der Waals surface area contributed by atoms with Crippen molar-refractivity contribution >= 4 is 28.5 Å². The van der Waals surface area contributed by atoms with Crippen LogP contribution in [0.1, 0.15) is 35.4 Å². The zero-order valence-corrected chi connectivity index (χ0v) is 15.9. The summed E-state index contributed by atoms with van der Waals surface area (Å²) < 4.78 is 2.18. The molecule has 1 aliphatic carbocycles. The molecular formula is C22H24N4O2. The normalized spacial score (nSPS) is 13.5. The van der Waals surface area contributed by atoms with Gasteiger partial charge in [-0.1, -0.05) is 12.1 Å². The number of anilines is 1. The molecule has 0 bridgehead atoms. The van der Waals surface area contributed by atoms with Crippen molar-refractivity contribution in [1.29, 1.82) is 0 Å². The number of nitrogens with one attached hydrogen (secondary N) is 2. The van der Waals surface area contributed by atoms with Crippen LogP contribution >= 0.6 is 0 Å². The highest BCUT2D eigenvalue weighted by atomic mass is 16.2. The molecule has 1 saturated carbocycles. The minimum atomic E-state index is -0.104. The topological polar surface area (TPSA) is 76.0 Å². The Labute approximate surface area is 164 Å². The van der Waals surface area contributed by atoms with E-state index in [0.29, 0.717) is 12.1 Å². The van der Waals surface area contributed by atoms with Crippen molar-refractivity contribution in [3.05, 3.63) is 59.9 Å². The van der Waals surface area contributed by atoms with Crippen LogP contribution in [0.3, 0.4) is 0 Å². The molecule has 2 aromatic carbocycles. The monoisotopic (exact) mass is 376 g/mol. The van der Waals surface area contributed by atoms with Crippen LogP contribution in [0.15, 0.2) is 48.5 Å². The van der Waals surface area contributed by atoms with Crippen molar-refractivity contribution in [3.63, 3.8) is 0 Å². The van der Waals surface area contributed by atoms with Gasteiger partial charge in [0.1, 0.15) is 5.82 Å². The summed E-state index contributed by atoms with van der Waals surface area (Å²) in [5.74, 6) is 1.11. The molecule has 6 heteroatoms. The molecule has 144 valence electrons. The first kappa shape index (κ1) is 18.2. The van der Waals surface area contributed by atoms with Crippen molar-refractivity contribution < 1.29 is 9.59 Å². The van der Waals surface area contributed by atoms with Crippen LogP contribution in [0.5, 0.6) is 0 Å². The van der Waals surface area contributed by atoms with Gasteiger partial charge >= 0.3 is 0 Å². The number of hydrogen-bond acceptors (Lipinski definition) is 3. The Morgan fingerprint density at radius 2 is 1.86 bits per heavy atom. The predicted molar refractivity (Wildman–Crippen MR) is 109 cm³/mol. The number of hydrogen-bond donors (Lipinski definition) is 2. The molecule has 4 rings (SSSR count). The van der Waals surface area contributed by atoms with E-state index < -0.39 is 0 Å². The number of nitrogens with zero attached hydrogens (tertiary/aromatic N) is 2. The summed E-state index contributed by atoms with van der Waals surface area (Å²) in [5, 5.41) is 5.84. The van der Waals surface area contributed by atoms with Gasteiger partial charge in [0.05, 0.1) is 11.0 Å². The molecule has 2 N–H and O–H groups in total. The van der Waals surface area contributed by atoms with E-state index in [9.17, 15) is 9.59 Å². The molecule has 28 heavy (non-hydrogen) atoms. The van der Waals surface area contributed by atoms with Crippen molar-refractivity contribution in [2.75, 3.05) is 11.9 Å². The highest BCUT2D eigenvalue weighted by molar-refractivity contribution is 5.96. The molecule has 2 amide bonds. The fourth-order valence-electron chi connectivity index (χ4n) is 3.31. The molecule has 3 aromatic rings. The Morgan fingerprint density at radius 1 is 1.11 bits per heavy atom. The van der Waals surface area contributed by atoms with E-state index in [0.717, 1.165) is 48.4 Å². The van der Waals surface area contributed by atoms with Gasteiger partial charge in [-0.05, 0) is 62.6 Å². The van der Waals surface area contributed by atoms with Crippen LogP contribution in [0, 0.1) is 12.8 Å². The summed E-state index contributed by atoms with van der Waals surface area (Å²) in [6.07, 6.45) is 2.77. The maximum absolute atomic E-state index is 12.3. The number of amides is 2. The van der Waals surface area contributed by atoms with E-state index in [-0.39, 0.29) is 17.7 Å². The number of aryl methyl sites for hydroxylation is 2. The second-order valence-corrected chi connectivity index (χ2v) is 7.25. The highest BCUT2D eigenvalue weighted by Gasteiger charge is 2.29. The Bertz CT molecular complexity index is 1000. The Balaban J connectivity index is 1.27. The fraction of sp³-hybridized carbons (Fsp3) is 0.318. The van der Waals surface area contributed by atoms with Crippen molar-refractivity contribution in [3.8, 4) is 0 Å². The van der Waals surface area contributed by atoms with Crippen LogP contribution < -0.4 is 10.6 Å². The molecule has 0 radical (unpaired) electrons. The summed E-state index contributed by atoms with van der Waals surface area (Å²) in [4.78, 5) is 28.7. The van der Waals surface area contributed by atoms with Crippen molar-refractivity contribution in [2.24, 2.45) is 5.92 Å².